The zero-order valence-electron chi connectivity index (χ0n) is 9.61. The molecule has 0 saturated carbocycles. The van der Waals surface area contributed by atoms with E-state index >= 15 is 0 Å². The molecule has 2 rings (SSSR count). The van der Waals surface area contributed by atoms with Crippen LogP contribution in [0, 0.1) is 0 Å². The SMILES string of the molecule is NNC(Cc1cccnc1)c1ccc(Cl)cc1Br. The number of nitrogens with zero attached hydrogens (tertiary/aromatic N) is 1. The van der Waals surface area contributed by atoms with Gasteiger partial charge in [-0.15, -0.1) is 0 Å². The van der Waals surface area contributed by atoms with E-state index in [2.05, 4.69) is 26.3 Å². The van der Waals surface area contributed by atoms with Crippen LogP contribution in [0.15, 0.2) is 47.2 Å². The molecule has 1 heterocycles. The highest BCUT2D eigenvalue weighted by Crippen LogP contribution is 2.28. The molecule has 18 heavy (non-hydrogen) atoms. The molecule has 0 aliphatic rings. The number of hydrogen-bond acceptors (Lipinski definition) is 3. The Morgan fingerprint density at radius 3 is 2.83 bits per heavy atom. The van der Waals surface area contributed by atoms with Crippen molar-refractivity contribution in [1.29, 1.82) is 0 Å². The second kappa shape index (κ2) is 6.29. The summed E-state index contributed by atoms with van der Waals surface area (Å²) in [6.45, 7) is 0. The maximum absolute atomic E-state index is 5.93. The lowest BCUT2D eigenvalue weighted by Crippen LogP contribution is -2.29. The molecule has 1 atom stereocenters. The van der Waals surface area contributed by atoms with E-state index in [-0.39, 0.29) is 6.04 Å². The third-order valence-electron chi connectivity index (χ3n) is 2.70. The summed E-state index contributed by atoms with van der Waals surface area (Å²) >= 11 is 9.44. The lowest BCUT2D eigenvalue weighted by Gasteiger charge is -2.18. The van der Waals surface area contributed by atoms with Gasteiger partial charge in [0.1, 0.15) is 0 Å². The third kappa shape index (κ3) is 3.29. The van der Waals surface area contributed by atoms with Crippen molar-refractivity contribution in [3.8, 4) is 0 Å². The number of hydrogen-bond donors (Lipinski definition) is 2. The molecule has 1 aromatic carbocycles. The fourth-order valence-corrected chi connectivity index (χ4v) is 2.76. The first-order chi connectivity index (χ1) is 8.70. The van der Waals surface area contributed by atoms with Gasteiger partial charge >= 0.3 is 0 Å². The van der Waals surface area contributed by atoms with Crippen LogP contribution in [-0.4, -0.2) is 4.98 Å². The highest BCUT2D eigenvalue weighted by atomic mass is 79.9. The standard InChI is InChI=1S/C13H13BrClN3/c14-12-7-10(15)3-4-11(12)13(18-16)6-9-2-1-5-17-8-9/h1-5,7-8,13,18H,6,16H2. The molecule has 0 amide bonds. The Bertz CT molecular complexity index is 519. The number of nitrogens with one attached hydrogen (secondary N) is 1. The van der Waals surface area contributed by atoms with Crippen molar-refractivity contribution >= 4 is 27.5 Å². The summed E-state index contributed by atoms with van der Waals surface area (Å²) in [5.74, 6) is 5.64. The molecule has 0 saturated heterocycles. The number of benzene rings is 1. The molecule has 0 aliphatic heterocycles. The number of rotatable bonds is 4. The molecule has 0 aliphatic carbocycles. The molecule has 5 heteroatoms. The van der Waals surface area contributed by atoms with Crippen LogP contribution >= 0.6 is 27.5 Å². The summed E-state index contributed by atoms with van der Waals surface area (Å²) in [6, 6.07) is 9.65. The Balaban J connectivity index is 2.23. The molecule has 3 N–H and O–H groups in total. The first-order valence-electron chi connectivity index (χ1n) is 5.50. The van der Waals surface area contributed by atoms with Crippen LogP contribution in [0.4, 0.5) is 0 Å². The van der Waals surface area contributed by atoms with Gasteiger partial charge in [-0.3, -0.25) is 16.3 Å². The Hall–Kier alpha value is -0.940. The minimum atomic E-state index is 0.0147. The number of halogens is 2. The van der Waals surface area contributed by atoms with Gasteiger partial charge in [-0.2, -0.15) is 0 Å². The number of nitrogens with two attached hydrogens (primary N) is 1. The minimum absolute atomic E-state index is 0.0147. The molecule has 0 spiro atoms. The Morgan fingerprint density at radius 2 is 2.22 bits per heavy atom. The van der Waals surface area contributed by atoms with Crippen molar-refractivity contribution in [3.63, 3.8) is 0 Å². The molecular weight excluding hydrogens is 314 g/mol. The maximum atomic E-state index is 5.93. The van der Waals surface area contributed by atoms with E-state index in [1.807, 2.05) is 36.5 Å². The molecule has 1 unspecified atom stereocenters. The number of pyridine rings is 1. The fourth-order valence-electron chi connectivity index (χ4n) is 1.80. The molecule has 0 bridgehead atoms. The molecular formula is C13H13BrClN3. The van der Waals surface area contributed by atoms with Crippen molar-refractivity contribution in [2.24, 2.45) is 5.84 Å². The van der Waals surface area contributed by atoms with Gasteiger partial charge in [0.2, 0.25) is 0 Å². The van der Waals surface area contributed by atoms with E-state index < -0.39 is 0 Å². The van der Waals surface area contributed by atoms with Gasteiger partial charge < -0.3 is 0 Å². The second-order valence-electron chi connectivity index (χ2n) is 3.95. The summed E-state index contributed by atoms with van der Waals surface area (Å²) in [5.41, 5.74) is 5.03. The normalized spacial score (nSPS) is 12.4. The largest absolute Gasteiger partial charge is 0.271 e. The Kier molecular flexibility index (Phi) is 4.72. The van der Waals surface area contributed by atoms with Crippen LogP contribution < -0.4 is 11.3 Å². The highest BCUT2D eigenvalue weighted by Gasteiger charge is 2.14. The maximum Gasteiger partial charge on any atom is 0.0512 e. The predicted octanol–water partition coefficient (Wildman–Crippen LogP) is 3.24. The second-order valence-corrected chi connectivity index (χ2v) is 5.24. The lowest BCUT2D eigenvalue weighted by molar-refractivity contribution is 0.549. The molecule has 1 aromatic heterocycles. The van der Waals surface area contributed by atoms with Gasteiger partial charge in [-0.1, -0.05) is 39.7 Å². The molecule has 0 radical (unpaired) electrons. The van der Waals surface area contributed by atoms with Crippen LogP contribution in [0.2, 0.25) is 5.02 Å². The van der Waals surface area contributed by atoms with Gasteiger partial charge in [-0.05, 0) is 35.7 Å². The highest BCUT2D eigenvalue weighted by molar-refractivity contribution is 9.10. The van der Waals surface area contributed by atoms with E-state index in [1.165, 1.54) is 0 Å². The van der Waals surface area contributed by atoms with E-state index in [0.29, 0.717) is 5.02 Å². The van der Waals surface area contributed by atoms with Crippen LogP contribution in [-0.2, 0) is 6.42 Å². The van der Waals surface area contributed by atoms with Gasteiger partial charge in [0, 0.05) is 21.9 Å². The van der Waals surface area contributed by atoms with Gasteiger partial charge in [0.15, 0.2) is 0 Å². The van der Waals surface area contributed by atoms with Crippen LogP contribution in [0.25, 0.3) is 0 Å². The van der Waals surface area contributed by atoms with E-state index in [4.69, 9.17) is 17.4 Å². The predicted molar refractivity (Wildman–Crippen MR) is 77.2 cm³/mol. The quantitative estimate of drug-likeness (QED) is 0.670. The first-order valence-corrected chi connectivity index (χ1v) is 6.68. The smallest absolute Gasteiger partial charge is 0.0512 e. The van der Waals surface area contributed by atoms with Gasteiger partial charge in [-0.25, -0.2) is 0 Å². The van der Waals surface area contributed by atoms with E-state index in [1.54, 1.807) is 6.20 Å². The Morgan fingerprint density at radius 1 is 1.39 bits per heavy atom. The van der Waals surface area contributed by atoms with Crippen molar-refractivity contribution in [1.82, 2.24) is 10.4 Å². The zero-order valence-corrected chi connectivity index (χ0v) is 11.9. The van der Waals surface area contributed by atoms with Crippen molar-refractivity contribution < 1.29 is 0 Å². The molecule has 3 nitrogen and oxygen atoms in total. The van der Waals surface area contributed by atoms with E-state index in [9.17, 15) is 0 Å². The summed E-state index contributed by atoms with van der Waals surface area (Å²) < 4.78 is 0.946. The van der Waals surface area contributed by atoms with Crippen LogP contribution in [0.5, 0.6) is 0 Å². The van der Waals surface area contributed by atoms with Crippen molar-refractivity contribution in [2.45, 2.75) is 12.5 Å². The van der Waals surface area contributed by atoms with Crippen LogP contribution in [0.3, 0.4) is 0 Å². The summed E-state index contributed by atoms with van der Waals surface area (Å²) in [5, 5.41) is 0.697. The Labute approximate surface area is 119 Å². The lowest BCUT2D eigenvalue weighted by atomic mass is 10.0. The van der Waals surface area contributed by atoms with Crippen molar-refractivity contribution in [2.75, 3.05) is 0 Å². The molecule has 94 valence electrons. The number of aromatic nitrogens is 1. The first kappa shape index (κ1) is 13.5. The average Bonchev–Trinajstić information content (AvgIpc) is 2.38. The summed E-state index contributed by atoms with van der Waals surface area (Å²) in [7, 11) is 0. The van der Waals surface area contributed by atoms with Crippen molar-refractivity contribution in [3.05, 3.63) is 63.3 Å². The molecule has 2 aromatic rings. The topological polar surface area (TPSA) is 50.9 Å². The third-order valence-corrected chi connectivity index (χ3v) is 3.62. The van der Waals surface area contributed by atoms with Crippen LogP contribution in [0.1, 0.15) is 17.2 Å². The average molecular weight is 327 g/mol. The van der Waals surface area contributed by atoms with Gasteiger partial charge in [0.25, 0.3) is 0 Å². The zero-order chi connectivity index (χ0) is 13.0. The summed E-state index contributed by atoms with van der Waals surface area (Å²) in [4.78, 5) is 4.10. The van der Waals surface area contributed by atoms with E-state index in [0.717, 1.165) is 22.0 Å². The monoisotopic (exact) mass is 325 g/mol. The molecule has 0 fully saturated rings. The summed E-state index contributed by atoms with van der Waals surface area (Å²) in [6.07, 6.45) is 4.37. The minimum Gasteiger partial charge on any atom is -0.271 e. The number of hydrazine groups is 1. The fraction of sp³-hybridized carbons (Fsp3) is 0.154. The van der Waals surface area contributed by atoms with Gasteiger partial charge in [0.05, 0.1) is 6.04 Å².